The smallest absolute Gasteiger partial charge is 0.227 e. The van der Waals surface area contributed by atoms with E-state index in [1.807, 2.05) is 17.0 Å². The number of aryl methyl sites for hydroxylation is 1. The maximum absolute atomic E-state index is 11.9. The van der Waals surface area contributed by atoms with Crippen LogP contribution in [0.3, 0.4) is 0 Å². The summed E-state index contributed by atoms with van der Waals surface area (Å²) in [6.07, 6.45) is 1.61. The molecule has 0 spiro atoms. The summed E-state index contributed by atoms with van der Waals surface area (Å²) < 4.78 is 0. The first kappa shape index (κ1) is 19.9. The first-order valence-corrected chi connectivity index (χ1v) is 9.97. The third kappa shape index (κ3) is 5.12. The van der Waals surface area contributed by atoms with Gasteiger partial charge in [-0.2, -0.15) is 0 Å². The molecule has 0 radical (unpaired) electrons. The van der Waals surface area contributed by atoms with E-state index in [0.717, 1.165) is 36.7 Å². The van der Waals surface area contributed by atoms with Crippen molar-refractivity contribution < 1.29 is 4.79 Å². The van der Waals surface area contributed by atoms with Crippen molar-refractivity contribution in [2.75, 3.05) is 25.0 Å². The van der Waals surface area contributed by atoms with Crippen molar-refractivity contribution in [3.63, 3.8) is 0 Å². The molecule has 148 valence electrons. The number of carbonyl (C=O) groups is 1. The number of nitrogens with zero attached hydrogens (tertiary/aromatic N) is 2. The van der Waals surface area contributed by atoms with Gasteiger partial charge in [-0.3, -0.25) is 9.79 Å². The van der Waals surface area contributed by atoms with Crippen LogP contribution in [0.15, 0.2) is 53.5 Å². The van der Waals surface area contributed by atoms with E-state index in [0.29, 0.717) is 18.9 Å². The molecule has 2 aromatic carbocycles. The molecule has 1 aliphatic rings. The van der Waals surface area contributed by atoms with Gasteiger partial charge < -0.3 is 15.5 Å². The van der Waals surface area contributed by atoms with Crippen molar-refractivity contribution in [1.82, 2.24) is 10.6 Å². The van der Waals surface area contributed by atoms with E-state index >= 15 is 0 Å². The second-order valence-electron chi connectivity index (χ2n) is 7.44. The van der Waals surface area contributed by atoms with Gasteiger partial charge in [-0.25, -0.2) is 0 Å². The summed E-state index contributed by atoms with van der Waals surface area (Å²) in [7, 11) is 1.79. The van der Waals surface area contributed by atoms with Gasteiger partial charge in [-0.05, 0) is 42.5 Å². The Bertz CT molecular complexity index is 829. The summed E-state index contributed by atoms with van der Waals surface area (Å²) in [6, 6.07) is 16.8. The molecular formula is C23H30N4O. The number of carbonyl (C=O) groups excluding carboxylic acids is 1. The number of benzene rings is 2. The lowest BCUT2D eigenvalue weighted by Gasteiger charge is -2.18. The number of hydrogen-bond acceptors (Lipinski definition) is 2. The Morgan fingerprint density at radius 1 is 1.18 bits per heavy atom. The largest absolute Gasteiger partial charge is 0.356 e. The van der Waals surface area contributed by atoms with E-state index < -0.39 is 0 Å². The van der Waals surface area contributed by atoms with Crippen LogP contribution in [0.4, 0.5) is 5.69 Å². The molecule has 2 N–H and O–H groups in total. The third-order valence-corrected chi connectivity index (χ3v) is 5.19. The standard InChI is InChI=1S/C23H30N4O/c1-17-6-4-7-20(14-17)18(2)15-25-23(24-3)26-16-19-9-11-21(12-10-19)27-13-5-8-22(27)28/h4,6-7,9-12,14,18H,5,8,13,15-16H2,1-3H3,(H2,24,25,26). The van der Waals surface area contributed by atoms with Crippen LogP contribution in [0.2, 0.25) is 0 Å². The van der Waals surface area contributed by atoms with Gasteiger partial charge in [0, 0.05) is 38.8 Å². The predicted molar refractivity (Wildman–Crippen MR) is 116 cm³/mol. The van der Waals surface area contributed by atoms with Crippen molar-refractivity contribution in [2.24, 2.45) is 4.99 Å². The van der Waals surface area contributed by atoms with Crippen molar-refractivity contribution in [3.8, 4) is 0 Å². The normalized spacial score (nSPS) is 15.6. The van der Waals surface area contributed by atoms with Crippen LogP contribution in [0, 0.1) is 6.92 Å². The zero-order valence-electron chi connectivity index (χ0n) is 17.0. The highest BCUT2D eigenvalue weighted by Crippen LogP contribution is 2.21. The van der Waals surface area contributed by atoms with Crippen molar-refractivity contribution in [2.45, 2.75) is 39.2 Å². The Balaban J connectivity index is 1.49. The molecule has 1 unspecified atom stereocenters. The first-order chi connectivity index (χ1) is 13.6. The maximum Gasteiger partial charge on any atom is 0.227 e. The van der Waals surface area contributed by atoms with E-state index in [9.17, 15) is 4.79 Å². The third-order valence-electron chi connectivity index (χ3n) is 5.19. The fraction of sp³-hybridized carbons (Fsp3) is 0.391. The Morgan fingerprint density at radius 3 is 2.61 bits per heavy atom. The fourth-order valence-corrected chi connectivity index (χ4v) is 3.47. The zero-order valence-corrected chi connectivity index (χ0v) is 17.0. The monoisotopic (exact) mass is 378 g/mol. The molecule has 0 aromatic heterocycles. The molecule has 1 heterocycles. The fourth-order valence-electron chi connectivity index (χ4n) is 3.47. The van der Waals surface area contributed by atoms with Crippen LogP contribution in [0.1, 0.15) is 42.4 Å². The molecule has 0 aliphatic carbocycles. The Hall–Kier alpha value is -2.82. The summed E-state index contributed by atoms with van der Waals surface area (Å²) in [4.78, 5) is 18.0. The van der Waals surface area contributed by atoms with Gasteiger partial charge in [0.1, 0.15) is 0 Å². The predicted octanol–water partition coefficient (Wildman–Crippen LogP) is 3.59. The second kappa shape index (κ2) is 9.40. The minimum atomic E-state index is 0.221. The number of aliphatic imine (C=N–C) groups is 1. The molecule has 1 aliphatic heterocycles. The van der Waals surface area contributed by atoms with Crippen LogP contribution >= 0.6 is 0 Å². The summed E-state index contributed by atoms with van der Waals surface area (Å²) in [5, 5.41) is 6.77. The minimum Gasteiger partial charge on any atom is -0.356 e. The Kier molecular flexibility index (Phi) is 6.69. The minimum absolute atomic E-state index is 0.221. The lowest BCUT2D eigenvalue weighted by molar-refractivity contribution is -0.117. The van der Waals surface area contributed by atoms with E-state index in [1.54, 1.807) is 7.05 Å². The number of nitrogens with one attached hydrogen (secondary N) is 2. The van der Waals surface area contributed by atoms with Gasteiger partial charge >= 0.3 is 0 Å². The van der Waals surface area contributed by atoms with Gasteiger partial charge in [0.2, 0.25) is 5.91 Å². The highest BCUT2D eigenvalue weighted by molar-refractivity contribution is 5.95. The molecule has 0 bridgehead atoms. The van der Waals surface area contributed by atoms with E-state index in [1.165, 1.54) is 11.1 Å². The molecule has 5 nitrogen and oxygen atoms in total. The lowest BCUT2D eigenvalue weighted by Crippen LogP contribution is -2.38. The van der Waals surface area contributed by atoms with Crippen molar-refractivity contribution in [3.05, 3.63) is 65.2 Å². The number of guanidine groups is 1. The van der Waals surface area contributed by atoms with Gasteiger partial charge in [-0.1, -0.05) is 48.9 Å². The van der Waals surface area contributed by atoms with E-state index in [-0.39, 0.29) is 5.91 Å². The molecule has 3 rings (SSSR count). The van der Waals surface area contributed by atoms with E-state index in [2.05, 4.69) is 65.9 Å². The lowest BCUT2D eigenvalue weighted by atomic mass is 9.99. The highest BCUT2D eigenvalue weighted by atomic mass is 16.2. The molecule has 1 fully saturated rings. The average molecular weight is 379 g/mol. The molecule has 5 heteroatoms. The molecule has 28 heavy (non-hydrogen) atoms. The summed E-state index contributed by atoms with van der Waals surface area (Å²) >= 11 is 0. The summed E-state index contributed by atoms with van der Waals surface area (Å²) in [5.74, 6) is 1.41. The zero-order chi connectivity index (χ0) is 19.9. The maximum atomic E-state index is 11.9. The number of amides is 1. The van der Waals surface area contributed by atoms with Crippen molar-refractivity contribution >= 4 is 17.6 Å². The summed E-state index contributed by atoms with van der Waals surface area (Å²) in [6.45, 7) is 6.67. The Labute approximate surface area is 167 Å². The van der Waals surface area contributed by atoms with Crippen LogP contribution < -0.4 is 15.5 Å². The van der Waals surface area contributed by atoms with Crippen LogP contribution in [0.25, 0.3) is 0 Å². The SMILES string of the molecule is CN=C(NCc1ccc(N2CCCC2=O)cc1)NCC(C)c1cccc(C)c1. The van der Waals surface area contributed by atoms with E-state index in [4.69, 9.17) is 0 Å². The molecule has 2 aromatic rings. The number of hydrogen-bond donors (Lipinski definition) is 2. The highest BCUT2D eigenvalue weighted by Gasteiger charge is 2.21. The van der Waals surface area contributed by atoms with Gasteiger partial charge in [-0.15, -0.1) is 0 Å². The Morgan fingerprint density at radius 2 is 1.96 bits per heavy atom. The molecule has 1 amide bonds. The van der Waals surface area contributed by atoms with Crippen LogP contribution in [-0.4, -0.2) is 32.0 Å². The van der Waals surface area contributed by atoms with Gasteiger partial charge in [0.25, 0.3) is 0 Å². The summed E-state index contributed by atoms with van der Waals surface area (Å²) in [5.41, 5.74) is 4.76. The van der Waals surface area contributed by atoms with Crippen LogP contribution in [0.5, 0.6) is 0 Å². The quantitative estimate of drug-likeness (QED) is 0.597. The topological polar surface area (TPSA) is 56.7 Å². The molecular weight excluding hydrogens is 348 g/mol. The van der Waals surface area contributed by atoms with Gasteiger partial charge in [0.05, 0.1) is 0 Å². The van der Waals surface area contributed by atoms with Crippen LogP contribution in [-0.2, 0) is 11.3 Å². The average Bonchev–Trinajstić information content (AvgIpc) is 3.14. The molecule has 1 saturated heterocycles. The van der Waals surface area contributed by atoms with Crippen molar-refractivity contribution in [1.29, 1.82) is 0 Å². The second-order valence-corrected chi connectivity index (χ2v) is 7.44. The number of anilines is 1. The molecule has 0 saturated carbocycles. The van der Waals surface area contributed by atoms with Gasteiger partial charge in [0.15, 0.2) is 5.96 Å². The number of rotatable bonds is 6. The molecule has 1 atom stereocenters. The first-order valence-electron chi connectivity index (χ1n) is 9.97.